The first-order valence-electron chi connectivity index (χ1n) is 7.57. The molecule has 1 heterocycles. The lowest BCUT2D eigenvalue weighted by Gasteiger charge is -2.20. The zero-order chi connectivity index (χ0) is 15.5. The number of pyridine rings is 1. The van der Waals surface area contributed by atoms with Crippen molar-refractivity contribution in [3.05, 3.63) is 53.7 Å². The summed E-state index contributed by atoms with van der Waals surface area (Å²) in [5.74, 6) is 0. The van der Waals surface area contributed by atoms with Gasteiger partial charge in [-0.3, -0.25) is 4.98 Å². The first-order valence-corrected chi connectivity index (χ1v) is 7.57. The van der Waals surface area contributed by atoms with Crippen molar-refractivity contribution in [1.82, 2.24) is 4.98 Å². The highest BCUT2D eigenvalue weighted by molar-refractivity contribution is 7.59. The number of rotatable bonds is 4. The first-order chi connectivity index (χ1) is 9.85. The maximum atomic E-state index is 10.3. The van der Waals surface area contributed by atoms with Crippen LogP contribution < -0.4 is 0 Å². The lowest BCUT2D eigenvalue weighted by Crippen LogP contribution is -2.09. The highest BCUT2D eigenvalue weighted by atomic mass is 32.1. The molecule has 0 saturated carbocycles. The summed E-state index contributed by atoms with van der Waals surface area (Å²) in [6.07, 6.45) is 1.23. The molecule has 22 heavy (non-hydrogen) atoms. The standard InChI is InChI=1S/C19H25NO.H2S/c1-14-7-5-8-15(13-14)16-9-6-10-17(20-16)18(21)11-12-19(2,3)4;/h5-10,13,18,21H,11-12H2,1-4H3;1H2/t18-;/m0./s1. The third kappa shape index (κ3) is 5.47. The third-order valence-corrected chi connectivity index (χ3v) is 3.59. The van der Waals surface area contributed by atoms with Gasteiger partial charge in [-0.05, 0) is 43.4 Å². The summed E-state index contributed by atoms with van der Waals surface area (Å²) in [4.78, 5) is 4.63. The number of nitrogens with zero attached hydrogens (tertiary/aromatic N) is 1. The molecule has 0 aliphatic heterocycles. The Bertz CT molecular complexity index is 604. The molecule has 0 radical (unpaired) electrons. The molecular weight excluding hydrogens is 290 g/mol. The molecule has 0 spiro atoms. The summed E-state index contributed by atoms with van der Waals surface area (Å²) in [5.41, 5.74) is 4.23. The van der Waals surface area contributed by atoms with Gasteiger partial charge in [-0.2, -0.15) is 13.5 Å². The van der Waals surface area contributed by atoms with Crippen LogP contribution in [0.3, 0.4) is 0 Å². The molecule has 0 unspecified atom stereocenters. The van der Waals surface area contributed by atoms with Gasteiger partial charge in [0.2, 0.25) is 0 Å². The normalized spacial score (nSPS) is 12.6. The van der Waals surface area contributed by atoms with Crippen LogP contribution in [0.2, 0.25) is 0 Å². The van der Waals surface area contributed by atoms with Crippen LogP contribution in [0.1, 0.15) is 51.0 Å². The van der Waals surface area contributed by atoms with E-state index < -0.39 is 6.10 Å². The van der Waals surface area contributed by atoms with E-state index in [1.165, 1.54) is 5.56 Å². The summed E-state index contributed by atoms with van der Waals surface area (Å²) < 4.78 is 0. The Morgan fingerprint density at radius 2 is 1.77 bits per heavy atom. The van der Waals surface area contributed by atoms with Gasteiger partial charge in [-0.25, -0.2) is 0 Å². The maximum Gasteiger partial charge on any atom is 0.0960 e. The Kier molecular flexibility index (Phi) is 6.64. The van der Waals surface area contributed by atoms with E-state index in [1.807, 2.05) is 24.3 Å². The number of aliphatic hydroxyl groups is 1. The smallest absolute Gasteiger partial charge is 0.0960 e. The number of hydrogen-bond donors (Lipinski definition) is 1. The predicted molar refractivity (Wildman–Crippen MR) is 98.4 cm³/mol. The van der Waals surface area contributed by atoms with Crippen molar-refractivity contribution in [2.45, 2.75) is 46.6 Å². The summed E-state index contributed by atoms with van der Waals surface area (Å²) in [7, 11) is 0. The third-order valence-electron chi connectivity index (χ3n) is 3.59. The largest absolute Gasteiger partial charge is 0.387 e. The molecule has 0 aliphatic rings. The predicted octanol–water partition coefficient (Wildman–Crippen LogP) is 5.03. The van der Waals surface area contributed by atoms with E-state index in [0.717, 1.165) is 29.8 Å². The minimum absolute atomic E-state index is 0. The molecule has 3 heteroatoms. The van der Waals surface area contributed by atoms with E-state index in [4.69, 9.17) is 0 Å². The minimum Gasteiger partial charge on any atom is -0.387 e. The van der Waals surface area contributed by atoms with E-state index in [1.54, 1.807) is 0 Å². The number of aryl methyl sites for hydroxylation is 1. The molecule has 0 fully saturated rings. The lowest BCUT2D eigenvalue weighted by molar-refractivity contribution is 0.143. The monoisotopic (exact) mass is 317 g/mol. The number of aromatic nitrogens is 1. The molecular formula is C19H27NOS. The Morgan fingerprint density at radius 1 is 1.09 bits per heavy atom. The highest BCUT2D eigenvalue weighted by Gasteiger charge is 2.16. The quantitative estimate of drug-likeness (QED) is 0.858. The van der Waals surface area contributed by atoms with Crippen molar-refractivity contribution in [1.29, 1.82) is 0 Å². The fourth-order valence-corrected chi connectivity index (χ4v) is 2.32. The Balaban J connectivity index is 0.00000242. The summed E-state index contributed by atoms with van der Waals surface area (Å²) in [5, 5.41) is 10.3. The van der Waals surface area contributed by atoms with Gasteiger partial charge in [0.25, 0.3) is 0 Å². The van der Waals surface area contributed by atoms with Crippen molar-refractivity contribution in [3.8, 4) is 11.3 Å². The molecule has 1 aromatic heterocycles. The summed E-state index contributed by atoms with van der Waals surface area (Å²) >= 11 is 0. The Labute approximate surface area is 141 Å². The van der Waals surface area contributed by atoms with Crippen molar-refractivity contribution in [3.63, 3.8) is 0 Å². The SMILES string of the molecule is Cc1cccc(-c2cccc([C@@H](O)CCC(C)(C)C)n2)c1.S. The van der Waals surface area contributed by atoms with E-state index in [2.05, 4.69) is 50.9 Å². The average molecular weight is 317 g/mol. The van der Waals surface area contributed by atoms with Crippen LogP contribution >= 0.6 is 13.5 Å². The van der Waals surface area contributed by atoms with Crippen molar-refractivity contribution < 1.29 is 5.11 Å². The van der Waals surface area contributed by atoms with Crippen LogP contribution in [-0.4, -0.2) is 10.1 Å². The molecule has 2 rings (SSSR count). The molecule has 1 N–H and O–H groups in total. The van der Waals surface area contributed by atoms with Gasteiger partial charge in [0.15, 0.2) is 0 Å². The van der Waals surface area contributed by atoms with E-state index in [9.17, 15) is 5.11 Å². The highest BCUT2D eigenvalue weighted by Crippen LogP contribution is 2.27. The van der Waals surface area contributed by atoms with Crippen LogP contribution in [0, 0.1) is 12.3 Å². The van der Waals surface area contributed by atoms with E-state index in [-0.39, 0.29) is 18.9 Å². The van der Waals surface area contributed by atoms with Crippen LogP contribution in [0.25, 0.3) is 11.3 Å². The first kappa shape index (κ1) is 18.7. The zero-order valence-electron chi connectivity index (χ0n) is 13.9. The van der Waals surface area contributed by atoms with Crippen LogP contribution in [0.5, 0.6) is 0 Å². The summed E-state index contributed by atoms with van der Waals surface area (Å²) in [6.45, 7) is 8.65. The molecule has 2 aromatic rings. The van der Waals surface area contributed by atoms with Crippen molar-refractivity contribution in [2.24, 2.45) is 5.41 Å². The fourth-order valence-electron chi connectivity index (χ4n) is 2.32. The van der Waals surface area contributed by atoms with E-state index in [0.29, 0.717) is 0 Å². The number of aliphatic hydroxyl groups excluding tert-OH is 1. The van der Waals surface area contributed by atoms with Gasteiger partial charge in [0.05, 0.1) is 17.5 Å². The average Bonchev–Trinajstić information content (AvgIpc) is 2.44. The molecule has 1 aromatic carbocycles. The molecule has 1 atom stereocenters. The van der Waals surface area contributed by atoms with E-state index >= 15 is 0 Å². The molecule has 0 amide bonds. The van der Waals surface area contributed by atoms with Gasteiger partial charge in [0.1, 0.15) is 0 Å². The minimum atomic E-state index is -0.492. The Hall–Kier alpha value is -1.32. The Morgan fingerprint density at radius 3 is 2.41 bits per heavy atom. The lowest BCUT2D eigenvalue weighted by atomic mass is 9.88. The van der Waals surface area contributed by atoms with Crippen molar-refractivity contribution >= 4 is 13.5 Å². The molecule has 2 nitrogen and oxygen atoms in total. The van der Waals surface area contributed by atoms with Crippen molar-refractivity contribution in [2.75, 3.05) is 0 Å². The van der Waals surface area contributed by atoms with Crippen LogP contribution in [0.15, 0.2) is 42.5 Å². The molecule has 120 valence electrons. The van der Waals surface area contributed by atoms with Gasteiger partial charge in [-0.15, -0.1) is 0 Å². The summed E-state index contributed by atoms with van der Waals surface area (Å²) in [6, 6.07) is 14.2. The van der Waals surface area contributed by atoms with Gasteiger partial charge >= 0.3 is 0 Å². The van der Waals surface area contributed by atoms with Gasteiger partial charge < -0.3 is 5.11 Å². The van der Waals surface area contributed by atoms with Gasteiger partial charge in [-0.1, -0.05) is 50.6 Å². The second-order valence-electron chi connectivity index (χ2n) is 6.93. The number of benzene rings is 1. The topological polar surface area (TPSA) is 33.1 Å². The molecule has 0 bridgehead atoms. The second-order valence-corrected chi connectivity index (χ2v) is 6.93. The van der Waals surface area contributed by atoms with Crippen LogP contribution in [-0.2, 0) is 0 Å². The molecule has 0 aliphatic carbocycles. The van der Waals surface area contributed by atoms with Crippen LogP contribution in [0.4, 0.5) is 0 Å². The fraction of sp³-hybridized carbons (Fsp3) is 0.421. The number of hydrogen-bond acceptors (Lipinski definition) is 2. The molecule has 0 saturated heterocycles. The zero-order valence-corrected chi connectivity index (χ0v) is 14.9. The van der Waals surface area contributed by atoms with Gasteiger partial charge in [0, 0.05) is 5.56 Å². The maximum absolute atomic E-state index is 10.3. The second kappa shape index (κ2) is 7.80.